The maximum Gasteiger partial charge on any atom is 0.157 e. The Hall–Kier alpha value is -1.07. The highest BCUT2D eigenvalue weighted by Crippen LogP contribution is 2.29. The molecule has 1 fully saturated rings. The summed E-state index contributed by atoms with van der Waals surface area (Å²) in [6.07, 6.45) is 4.97. The fourth-order valence-corrected chi connectivity index (χ4v) is 2.23. The molecule has 1 heterocycles. The molecular weight excluding hydrogens is 230 g/mol. The summed E-state index contributed by atoms with van der Waals surface area (Å²) in [7, 11) is 1.96. The number of ether oxygens (including phenoxy) is 2. The minimum atomic E-state index is 0.132. The van der Waals surface area contributed by atoms with Crippen molar-refractivity contribution in [1.82, 2.24) is 15.1 Å². The van der Waals surface area contributed by atoms with Gasteiger partial charge in [0.05, 0.1) is 12.4 Å². The molecule has 1 aliphatic rings. The van der Waals surface area contributed by atoms with E-state index in [4.69, 9.17) is 9.47 Å². The van der Waals surface area contributed by atoms with Crippen LogP contribution in [0.2, 0.25) is 0 Å². The van der Waals surface area contributed by atoms with Crippen molar-refractivity contribution in [2.45, 2.75) is 51.5 Å². The van der Waals surface area contributed by atoms with Crippen molar-refractivity contribution < 1.29 is 9.47 Å². The summed E-state index contributed by atoms with van der Waals surface area (Å²) in [5, 5.41) is 7.52. The van der Waals surface area contributed by atoms with Crippen LogP contribution in [0.1, 0.15) is 33.2 Å². The molecule has 0 aromatic carbocycles. The van der Waals surface area contributed by atoms with Crippen LogP contribution in [0.5, 0.6) is 5.75 Å². The van der Waals surface area contributed by atoms with Crippen molar-refractivity contribution in [3.8, 4) is 5.75 Å². The van der Waals surface area contributed by atoms with E-state index >= 15 is 0 Å². The summed E-state index contributed by atoms with van der Waals surface area (Å²) in [5.41, 5.74) is 0. The van der Waals surface area contributed by atoms with Crippen LogP contribution in [0.3, 0.4) is 0 Å². The normalized spacial score (nSPS) is 27.3. The summed E-state index contributed by atoms with van der Waals surface area (Å²) in [5.74, 6) is 0.827. The van der Waals surface area contributed by atoms with Gasteiger partial charge in [0.2, 0.25) is 0 Å². The standard InChI is InChI=1S/C13H23N3O2/c1-5-17-13-11(14-4)6-12(13)18-10-7-15-16(8-10)9(2)3/h7-9,11-14H,5-6H2,1-4H3. The molecule has 1 saturated carbocycles. The molecule has 1 N–H and O–H groups in total. The first-order valence-electron chi connectivity index (χ1n) is 6.65. The lowest BCUT2D eigenvalue weighted by Crippen LogP contribution is -2.60. The van der Waals surface area contributed by atoms with E-state index < -0.39 is 0 Å². The first-order chi connectivity index (χ1) is 8.65. The Morgan fingerprint density at radius 2 is 2.33 bits per heavy atom. The molecular formula is C13H23N3O2. The molecule has 2 rings (SSSR count). The molecule has 3 atom stereocenters. The SMILES string of the molecule is CCOC1C(NC)CC1Oc1cnn(C(C)C)c1. The molecule has 1 aliphatic carbocycles. The van der Waals surface area contributed by atoms with E-state index in [1.165, 1.54) is 0 Å². The molecule has 0 saturated heterocycles. The molecule has 5 nitrogen and oxygen atoms in total. The Kier molecular flexibility index (Phi) is 4.24. The van der Waals surface area contributed by atoms with Crippen LogP contribution in [-0.4, -0.2) is 41.7 Å². The fraction of sp³-hybridized carbons (Fsp3) is 0.769. The largest absolute Gasteiger partial charge is 0.484 e. The monoisotopic (exact) mass is 253 g/mol. The lowest BCUT2D eigenvalue weighted by atomic mass is 9.85. The van der Waals surface area contributed by atoms with Crippen molar-refractivity contribution in [3.63, 3.8) is 0 Å². The number of hydrogen-bond acceptors (Lipinski definition) is 4. The molecule has 5 heteroatoms. The van der Waals surface area contributed by atoms with E-state index in [0.717, 1.165) is 12.2 Å². The number of aromatic nitrogens is 2. The van der Waals surface area contributed by atoms with Crippen LogP contribution in [0.25, 0.3) is 0 Å². The second-order valence-electron chi connectivity index (χ2n) is 4.96. The smallest absolute Gasteiger partial charge is 0.157 e. The van der Waals surface area contributed by atoms with Gasteiger partial charge in [0.25, 0.3) is 0 Å². The third kappa shape index (κ3) is 2.67. The fourth-order valence-electron chi connectivity index (χ4n) is 2.23. The van der Waals surface area contributed by atoms with E-state index in [1.54, 1.807) is 6.20 Å². The maximum atomic E-state index is 5.93. The van der Waals surface area contributed by atoms with Crippen molar-refractivity contribution in [2.75, 3.05) is 13.7 Å². The molecule has 1 aromatic rings. The van der Waals surface area contributed by atoms with Gasteiger partial charge >= 0.3 is 0 Å². The van der Waals surface area contributed by atoms with E-state index in [9.17, 15) is 0 Å². The number of rotatable bonds is 6. The Labute approximate surface area is 108 Å². The van der Waals surface area contributed by atoms with Crippen LogP contribution in [0, 0.1) is 0 Å². The number of nitrogens with zero attached hydrogens (tertiary/aromatic N) is 2. The second kappa shape index (κ2) is 5.71. The van der Waals surface area contributed by atoms with Gasteiger partial charge in [-0.1, -0.05) is 0 Å². The maximum absolute atomic E-state index is 5.93. The van der Waals surface area contributed by atoms with Gasteiger partial charge in [-0.2, -0.15) is 5.10 Å². The predicted molar refractivity (Wildman–Crippen MR) is 69.9 cm³/mol. The Balaban J connectivity index is 1.92. The van der Waals surface area contributed by atoms with Gasteiger partial charge in [0.1, 0.15) is 12.2 Å². The van der Waals surface area contributed by atoms with Gasteiger partial charge in [0, 0.05) is 25.1 Å². The summed E-state index contributed by atoms with van der Waals surface area (Å²) < 4.78 is 13.5. The van der Waals surface area contributed by atoms with Gasteiger partial charge in [0.15, 0.2) is 5.75 Å². The molecule has 18 heavy (non-hydrogen) atoms. The zero-order chi connectivity index (χ0) is 13.1. The molecule has 3 unspecified atom stereocenters. The van der Waals surface area contributed by atoms with Crippen LogP contribution in [0.15, 0.2) is 12.4 Å². The van der Waals surface area contributed by atoms with Crippen LogP contribution >= 0.6 is 0 Å². The molecule has 0 spiro atoms. The minimum Gasteiger partial charge on any atom is -0.484 e. The average molecular weight is 253 g/mol. The summed E-state index contributed by atoms with van der Waals surface area (Å²) in [6, 6.07) is 0.756. The second-order valence-corrected chi connectivity index (χ2v) is 4.96. The van der Waals surface area contributed by atoms with Crippen LogP contribution < -0.4 is 10.1 Å². The van der Waals surface area contributed by atoms with Gasteiger partial charge in [-0.3, -0.25) is 4.68 Å². The lowest BCUT2D eigenvalue weighted by Gasteiger charge is -2.43. The highest BCUT2D eigenvalue weighted by molar-refractivity contribution is 5.14. The Bertz CT molecular complexity index is 378. The third-order valence-electron chi connectivity index (χ3n) is 3.37. The van der Waals surface area contributed by atoms with Crippen molar-refractivity contribution in [2.24, 2.45) is 0 Å². The molecule has 0 amide bonds. The summed E-state index contributed by atoms with van der Waals surface area (Å²) >= 11 is 0. The summed E-state index contributed by atoms with van der Waals surface area (Å²) in [4.78, 5) is 0. The Morgan fingerprint density at radius 1 is 1.56 bits per heavy atom. The first-order valence-corrected chi connectivity index (χ1v) is 6.65. The van der Waals surface area contributed by atoms with Gasteiger partial charge in [-0.15, -0.1) is 0 Å². The minimum absolute atomic E-state index is 0.132. The quantitative estimate of drug-likeness (QED) is 0.836. The number of nitrogens with one attached hydrogen (secondary N) is 1. The zero-order valence-electron chi connectivity index (χ0n) is 11.6. The first kappa shape index (κ1) is 13.4. The van der Waals surface area contributed by atoms with Gasteiger partial charge in [-0.25, -0.2) is 0 Å². The predicted octanol–water partition coefficient (Wildman–Crippen LogP) is 1.61. The van der Waals surface area contributed by atoms with E-state index in [-0.39, 0.29) is 12.2 Å². The molecule has 0 bridgehead atoms. The highest BCUT2D eigenvalue weighted by atomic mass is 16.5. The van der Waals surface area contributed by atoms with Gasteiger partial charge in [-0.05, 0) is 27.8 Å². The number of likely N-dealkylation sites (N-methyl/N-ethyl adjacent to an activating group) is 1. The topological polar surface area (TPSA) is 48.3 Å². The lowest BCUT2D eigenvalue weighted by molar-refractivity contribution is -0.103. The zero-order valence-corrected chi connectivity index (χ0v) is 11.6. The average Bonchev–Trinajstić information content (AvgIpc) is 2.79. The van der Waals surface area contributed by atoms with Crippen LogP contribution in [-0.2, 0) is 4.74 Å². The van der Waals surface area contributed by atoms with Gasteiger partial charge < -0.3 is 14.8 Å². The van der Waals surface area contributed by atoms with E-state index in [1.807, 2.05) is 24.9 Å². The van der Waals surface area contributed by atoms with Crippen molar-refractivity contribution >= 4 is 0 Å². The Morgan fingerprint density at radius 3 is 2.89 bits per heavy atom. The third-order valence-corrected chi connectivity index (χ3v) is 3.37. The molecule has 102 valence electrons. The van der Waals surface area contributed by atoms with E-state index in [0.29, 0.717) is 18.7 Å². The van der Waals surface area contributed by atoms with Crippen molar-refractivity contribution in [3.05, 3.63) is 12.4 Å². The highest BCUT2D eigenvalue weighted by Gasteiger charge is 2.42. The summed E-state index contributed by atoms with van der Waals surface area (Å²) in [6.45, 7) is 6.92. The molecule has 0 radical (unpaired) electrons. The number of hydrogen-bond donors (Lipinski definition) is 1. The van der Waals surface area contributed by atoms with Crippen molar-refractivity contribution in [1.29, 1.82) is 0 Å². The molecule has 0 aliphatic heterocycles. The van der Waals surface area contributed by atoms with Crippen LogP contribution in [0.4, 0.5) is 0 Å². The van der Waals surface area contributed by atoms with E-state index in [2.05, 4.69) is 24.3 Å². The molecule has 1 aromatic heterocycles.